The van der Waals surface area contributed by atoms with Gasteiger partial charge < -0.3 is 10.0 Å². The summed E-state index contributed by atoms with van der Waals surface area (Å²) in [5.74, 6) is 0.342. The second kappa shape index (κ2) is 5.82. The van der Waals surface area contributed by atoms with Gasteiger partial charge in [-0.25, -0.2) is 5.01 Å². The number of halogens is 1. The fourth-order valence-electron chi connectivity index (χ4n) is 1.86. The minimum atomic E-state index is 0.342. The Morgan fingerprint density at radius 2 is 2.00 bits per heavy atom. The lowest BCUT2D eigenvalue weighted by Crippen LogP contribution is -2.50. The summed E-state index contributed by atoms with van der Waals surface area (Å²) in [5.41, 5.74) is 4.27. The van der Waals surface area contributed by atoms with E-state index in [-0.39, 0.29) is 0 Å². The Morgan fingerprint density at radius 3 is 2.71 bits per heavy atom. The molecule has 0 bridgehead atoms. The van der Waals surface area contributed by atoms with Crippen LogP contribution in [0, 0.1) is 0 Å². The van der Waals surface area contributed by atoms with Gasteiger partial charge in [0.1, 0.15) is 5.75 Å². The molecule has 1 aliphatic heterocycles. The molecule has 94 valence electrons. The monoisotopic (exact) mass is 299 g/mol. The van der Waals surface area contributed by atoms with E-state index in [4.69, 9.17) is 0 Å². The molecule has 0 saturated carbocycles. The van der Waals surface area contributed by atoms with E-state index in [0.717, 1.165) is 36.2 Å². The molecule has 1 fully saturated rings. The number of benzene rings is 1. The Balaban J connectivity index is 1.87. The second-order valence-corrected chi connectivity index (χ2v) is 5.31. The van der Waals surface area contributed by atoms with Crippen molar-refractivity contribution in [2.75, 3.05) is 33.2 Å². The van der Waals surface area contributed by atoms with Gasteiger partial charge in [0.25, 0.3) is 0 Å². The average Bonchev–Trinajstić information content (AvgIpc) is 2.32. The smallest absolute Gasteiger partial charge is 0.120 e. The number of phenolic OH excluding ortho intramolecular Hbond substituents is 1. The summed E-state index contributed by atoms with van der Waals surface area (Å²) in [6, 6.07) is 5.50. The van der Waals surface area contributed by atoms with Crippen LogP contribution < -0.4 is 5.43 Å². The highest BCUT2D eigenvalue weighted by molar-refractivity contribution is 9.10. The zero-order valence-electron chi connectivity index (χ0n) is 9.99. The molecule has 1 aliphatic rings. The highest BCUT2D eigenvalue weighted by atomic mass is 79.9. The lowest BCUT2D eigenvalue weighted by atomic mass is 10.2. The van der Waals surface area contributed by atoms with E-state index in [2.05, 4.69) is 38.3 Å². The lowest BCUT2D eigenvalue weighted by molar-refractivity contribution is 0.102. The quantitative estimate of drug-likeness (QED) is 0.885. The van der Waals surface area contributed by atoms with E-state index in [0.29, 0.717) is 12.3 Å². The molecule has 1 saturated heterocycles. The number of hydrogen-bond donors (Lipinski definition) is 2. The predicted molar refractivity (Wildman–Crippen MR) is 71.7 cm³/mol. The fraction of sp³-hybridized carbons (Fsp3) is 0.500. The predicted octanol–water partition coefficient (Wildman–Crippen LogP) is 1.41. The average molecular weight is 300 g/mol. The molecule has 0 unspecified atom stereocenters. The van der Waals surface area contributed by atoms with Crippen LogP contribution in [0.1, 0.15) is 5.56 Å². The summed E-state index contributed by atoms with van der Waals surface area (Å²) in [4.78, 5) is 2.31. The minimum Gasteiger partial charge on any atom is -0.508 e. The van der Waals surface area contributed by atoms with Crippen LogP contribution in [0.25, 0.3) is 0 Å². The molecular formula is C12H18BrN3O. The van der Waals surface area contributed by atoms with E-state index >= 15 is 0 Å². The van der Waals surface area contributed by atoms with Crippen molar-refractivity contribution in [1.82, 2.24) is 15.3 Å². The molecule has 5 heteroatoms. The number of hydrazine groups is 1. The van der Waals surface area contributed by atoms with Gasteiger partial charge in [0.05, 0.1) is 0 Å². The minimum absolute atomic E-state index is 0.342. The highest BCUT2D eigenvalue weighted by Gasteiger charge is 2.13. The Labute approximate surface area is 110 Å². The Morgan fingerprint density at radius 1 is 1.29 bits per heavy atom. The summed E-state index contributed by atoms with van der Waals surface area (Å²) in [6.07, 6.45) is 0. The topological polar surface area (TPSA) is 38.7 Å². The summed E-state index contributed by atoms with van der Waals surface area (Å²) >= 11 is 3.41. The molecule has 0 radical (unpaired) electrons. The number of nitrogens with one attached hydrogen (secondary N) is 1. The zero-order valence-corrected chi connectivity index (χ0v) is 11.6. The maximum atomic E-state index is 9.72. The van der Waals surface area contributed by atoms with E-state index < -0.39 is 0 Å². The molecule has 2 N–H and O–H groups in total. The molecular weight excluding hydrogens is 282 g/mol. The number of phenols is 1. The molecule has 0 spiro atoms. The van der Waals surface area contributed by atoms with Crippen LogP contribution in [-0.4, -0.2) is 48.2 Å². The van der Waals surface area contributed by atoms with Crippen LogP contribution in [0.15, 0.2) is 22.7 Å². The Hall–Kier alpha value is -0.620. The van der Waals surface area contributed by atoms with E-state index in [9.17, 15) is 5.11 Å². The van der Waals surface area contributed by atoms with Gasteiger partial charge in [0, 0.05) is 42.8 Å². The van der Waals surface area contributed by atoms with Crippen LogP contribution >= 0.6 is 15.9 Å². The summed E-state index contributed by atoms with van der Waals surface area (Å²) in [6.45, 7) is 4.86. The number of piperazine rings is 1. The third-order valence-electron chi connectivity index (χ3n) is 3.04. The first-order valence-electron chi connectivity index (χ1n) is 5.79. The van der Waals surface area contributed by atoms with E-state index in [1.54, 1.807) is 6.07 Å². The van der Waals surface area contributed by atoms with Gasteiger partial charge in [-0.2, -0.15) is 0 Å². The third-order valence-corrected chi connectivity index (χ3v) is 3.53. The Kier molecular flexibility index (Phi) is 4.39. The molecule has 1 heterocycles. The zero-order chi connectivity index (χ0) is 12.3. The normalized spacial score (nSPS) is 18.5. The van der Waals surface area contributed by atoms with Crippen molar-refractivity contribution in [3.05, 3.63) is 28.2 Å². The van der Waals surface area contributed by atoms with Crippen LogP contribution in [0.3, 0.4) is 0 Å². The van der Waals surface area contributed by atoms with Gasteiger partial charge in [-0.3, -0.25) is 5.43 Å². The summed E-state index contributed by atoms with van der Waals surface area (Å²) < 4.78 is 0.991. The first kappa shape index (κ1) is 12.8. The van der Waals surface area contributed by atoms with Gasteiger partial charge in [-0.1, -0.05) is 15.9 Å². The van der Waals surface area contributed by atoms with Gasteiger partial charge >= 0.3 is 0 Å². The van der Waals surface area contributed by atoms with Crippen molar-refractivity contribution in [3.8, 4) is 5.75 Å². The molecule has 1 aromatic rings. The highest BCUT2D eigenvalue weighted by Crippen LogP contribution is 2.21. The van der Waals surface area contributed by atoms with Crippen molar-refractivity contribution in [3.63, 3.8) is 0 Å². The standard InChI is InChI=1S/C12H18BrN3O/c1-15-4-6-16(7-5-15)14-9-10-8-11(13)2-3-12(10)17/h2-3,8,14,17H,4-7,9H2,1H3. The van der Waals surface area contributed by atoms with Crippen molar-refractivity contribution in [2.24, 2.45) is 0 Å². The summed E-state index contributed by atoms with van der Waals surface area (Å²) in [5, 5.41) is 11.9. The third kappa shape index (κ3) is 3.67. The largest absolute Gasteiger partial charge is 0.508 e. The Bertz CT molecular complexity index is 378. The second-order valence-electron chi connectivity index (χ2n) is 4.40. The van der Waals surface area contributed by atoms with Gasteiger partial charge in [-0.05, 0) is 25.2 Å². The summed E-state index contributed by atoms with van der Waals surface area (Å²) in [7, 11) is 2.14. The first-order chi connectivity index (χ1) is 8.15. The molecule has 0 atom stereocenters. The molecule has 2 rings (SSSR count). The van der Waals surface area contributed by atoms with Crippen molar-refractivity contribution >= 4 is 15.9 Å². The first-order valence-corrected chi connectivity index (χ1v) is 6.59. The molecule has 1 aromatic carbocycles. The van der Waals surface area contributed by atoms with E-state index in [1.165, 1.54) is 0 Å². The van der Waals surface area contributed by atoms with Crippen LogP contribution in [0.5, 0.6) is 5.75 Å². The maximum Gasteiger partial charge on any atom is 0.120 e. The molecule has 17 heavy (non-hydrogen) atoms. The van der Waals surface area contributed by atoms with Crippen molar-refractivity contribution in [1.29, 1.82) is 0 Å². The number of nitrogens with zero attached hydrogens (tertiary/aromatic N) is 2. The van der Waals surface area contributed by atoms with Gasteiger partial charge in [-0.15, -0.1) is 0 Å². The molecule has 0 aliphatic carbocycles. The number of rotatable bonds is 3. The van der Waals surface area contributed by atoms with Crippen LogP contribution in [0.2, 0.25) is 0 Å². The molecule has 0 aromatic heterocycles. The van der Waals surface area contributed by atoms with Crippen molar-refractivity contribution in [2.45, 2.75) is 6.54 Å². The van der Waals surface area contributed by atoms with Crippen molar-refractivity contribution < 1.29 is 5.11 Å². The molecule has 0 amide bonds. The maximum absolute atomic E-state index is 9.72. The van der Waals surface area contributed by atoms with Crippen LogP contribution in [0.4, 0.5) is 0 Å². The van der Waals surface area contributed by atoms with Crippen LogP contribution in [-0.2, 0) is 6.54 Å². The number of likely N-dealkylation sites (N-methyl/N-ethyl adjacent to an activating group) is 1. The fourth-order valence-corrected chi connectivity index (χ4v) is 2.27. The van der Waals surface area contributed by atoms with E-state index in [1.807, 2.05) is 12.1 Å². The van der Waals surface area contributed by atoms with Gasteiger partial charge in [0.2, 0.25) is 0 Å². The molecule has 4 nitrogen and oxygen atoms in total. The lowest BCUT2D eigenvalue weighted by Gasteiger charge is -2.32. The number of aromatic hydroxyl groups is 1. The SMILES string of the molecule is CN1CCN(NCc2cc(Br)ccc2O)CC1. The number of hydrogen-bond acceptors (Lipinski definition) is 4. The van der Waals surface area contributed by atoms with Gasteiger partial charge in [0.15, 0.2) is 0 Å².